The van der Waals surface area contributed by atoms with E-state index in [-0.39, 0.29) is 0 Å². The fourth-order valence-electron chi connectivity index (χ4n) is 0.489. The minimum Gasteiger partial charge on any atom is -0.380 e. The Morgan fingerprint density at radius 3 is 2.90 bits per heavy atom. The average Bonchev–Trinajstić information content (AvgIpc) is 1.97. The summed E-state index contributed by atoms with van der Waals surface area (Å²) in [4.78, 5) is 9.79. The van der Waals surface area contributed by atoms with Crippen molar-refractivity contribution in [2.45, 2.75) is 19.3 Å². The van der Waals surface area contributed by atoms with Crippen LogP contribution in [0.5, 0.6) is 0 Å². The predicted octanol–water partition coefficient (Wildman–Crippen LogP) is 0.896. The number of hydrogen-bond acceptors (Lipinski definition) is 3. The Kier molecular flexibility index (Phi) is 7.41. The van der Waals surface area contributed by atoms with E-state index in [1.165, 1.54) is 0 Å². The second-order valence-electron chi connectivity index (χ2n) is 1.83. The molecule has 0 heterocycles. The van der Waals surface area contributed by atoms with Crippen molar-refractivity contribution in [2.75, 3.05) is 13.2 Å². The molecule has 56 valence electrons. The largest absolute Gasteiger partial charge is 0.380 e. The third-order valence-corrected chi connectivity index (χ3v) is 0.969. The first-order chi connectivity index (χ1) is 4.91. The third kappa shape index (κ3) is 7.12. The molecule has 0 radical (unpaired) electrons. The van der Waals surface area contributed by atoms with Gasteiger partial charge in [0.2, 0.25) is 0 Å². The second kappa shape index (κ2) is 8.12. The Morgan fingerprint density at radius 1 is 1.50 bits per heavy atom. The molecule has 0 N–H and O–H groups in total. The first-order valence-electron chi connectivity index (χ1n) is 3.30. The van der Waals surface area contributed by atoms with E-state index in [1.807, 2.05) is 6.07 Å². The number of hydrogen-bond donors (Lipinski definition) is 0. The van der Waals surface area contributed by atoms with Gasteiger partial charge in [-0.2, -0.15) is 5.26 Å². The fraction of sp³-hybridized carbons (Fsp3) is 0.714. The van der Waals surface area contributed by atoms with E-state index in [0.29, 0.717) is 26.1 Å². The van der Waals surface area contributed by atoms with E-state index in [4.69, 9.17) is 10.00 Å². The van der Waals surface area contributed by atoms with Crippen LogP contribution in [0.25, 0.3) is 0 Å². The summed E-state index contributed by atoms with van der Waals surface area (Å²) >= 11 is 0. The first-order valence-corrected chi connectivity index (χ1v) is 3.30. The van der Waals surface area contributed by atoms with Crippen LogP contribution in [0.4, 0.5) is 0 Å². The molecule has 10 heavy (non-hydrogen) atoms. The van der Waals surface area contributed by atoms with Gasteiger partial charge in [0, 0.05) is 13.0 Å². The number of ether oxygens (including phenoxy) is 1. The predicted molar refractivity (Wildman–Crippen MR) is 36.3 cm³/mol. The van der Waals surface area contributed by atoms with Crippen molar-refractivity contribution in [1.29, 1.82) is 5.26 Å². The maximum atomic E-state index is 9.79. The van der Waals surface area contributed by atoms with Crippen LogP contribution >= 0.6 is 0 Å². The molecule has 0 aliphatic heterocycles. The standard InChI is InChI=1S/C7H11NO2/c8-4-3-7-10-6-2-1-5-9/h5H,1-3,6-7H2. The fourth-order valence-corrected chi connectivity index (χ4v) is 0.489. The summed E-state index contributed by atoms with van der Waals surface area (Å²) in [6.07, 6.45) is 2.61. The molecule has 0 saturated heterocycles. The minimum absolute atomic E-state index is 0.432. The summed E-state index contributed by atoms with van der Waals surface area (Å²) in [6, 6.07) is 1.96. The molecule has 0 aromatic carbocycles. The van der Waals surface area contributed by atoms with Crippen LogP contribution in [0, 0.1) is 11.3 Å². The highest BCUT2D eigenvalue weighted by Gasteiger charge is 1.86. The third-order valence-electron chi connectivity index (χ3n) is 0.969. The van der Waals surface area contributed by atoms with Crippen LogP contribution in [-0.2, 0) is 9.53 Å². The Labute approximate surface area is 60.6 Å². The molecule has 3 heteroatoms. The number of nitrogens with zero attached hydrogens (tertiary/aromatic N) is 1. The molecule has 0 aromatic rings. The molecular weight excluding hydrogens is 130 g/mol. The maximum Gasteiger partial charge on any atom is 0.120 e. The van der Waals surface area contributed by atoms with Crippen LogP contribution < -0.4 is 0 Å². The topological polar surface area (TPSA) is 50.1 Å². The number of carbonyl (C=O) groups is 1. The quantitative estimate of drug-likeness (QED) is 0.408. The van der Waals surface area contributed by atoms with E-state index in [1.54, 1.807) is 0 Å². The summed E-state index contributed by atoms with van der Waals surface area (Å²) in [6.45, 7) is 1.07. The molecule has 0 saturated carbocycles. The number of nitriles is 1. The van der Waals surface area contributed by atoms with Crippen molar-refractivity contribution in [3.8, 4) is 6.07 Å². The van der Waals surface area contributed by atoms with E-state index in [0.717, 1.165) is 12.7 Å². The highest BCUT2D eigenvalue weighted by atomic mass is 16.5. The van der Waals surface area contributed by atoms with Gasteiger partial charge in [-0.1, -0.05) is 0 Å². The molecule has 3 nitrogen and oxygen atoms in total. The molecule has 0 unspecified atom stereocenters. The highest BCUT2D eigenvalue weighted by molar-refractivity contribution is 5.48. The zero-order valence-electron chi connectivity index (χ0n) is 5.88. The zero-order chi connectivity index (χ0) is 7.66. The van der Waals surface area contributed by atoms with Gasteiger partial charge in [0.05, 0.1) is 19.1 Å². The Hall–Kier alpha value is -0.880. The molecular formula is C7H11NO2. The van der Waals surface area contributed by atoms with Crippen molar-refractivity contribution >= 4 is 6.29 Å². The van der Waals surface area contributed by atoms with Crippen molar-refractivity contribution in [3.63, 3.8) is 0 Å². The number of unbranched alkanes of at least 4 members (excludes halogenated alkanes) is 1. The van der Waals surface area contributed by atoms with Gasteiger partial charge in [0.25, 0.3) is 0 Å². The van der Waals surface area contributed by atoms with Gasteiger partial charge in [-0.05, 0) is 6.42 Å². The summed E-state index contributed by atoms with van der Waals surface area (Å²) in [7, 11) is 0. The molecule has 0 aromatic heterocycles. The van der Waals surface area contributed by atoms with Gasteiger partial charge < -0.3 is 9.53 Å². The number of aldehydes is 1. The molecule has 0 atom stereocenters. The second-order valence-corrected chi connectivity index (χ2v) is 1.83. The van der Waals surface area contributed by atoms with E-state index in [9.17, 15) is 4.79 Å². The van der Waals surface area contributed by atoms with Crippen molar-refractivity contribution in [2.24, 2.45) is 0 Å². The Morgan fingerprint density at radius 2 is 2.30 bits per heavy atom. The van der Waals surface area contributed by atoms with Crippen LogP contribution in [0.15, 0.2) is 0 Å². The molecule has 0 amide bonds. The van der Waals surface area contributed by atoms with Gasteiger partial charge in [0.1, 0.15) is 6.29 Å². The maximum absolute atomic E-state index is 9.79. The summed E-state index contributed by atoms with van der Waals surface area (Å²) in [5.41, 5.74) is 0. The Bertz CT molecular complexity index is 117. The summed E-state index contributed by atoms with van der Waals surface area (Å²) in [5.74, 6) is 0. The highest BCUT2D eigenvalue weighted by Crippen LogP contribution is 1.87. The van der Waals surface area contributed by atoms with Gasteiger partial charge in [-0.15, -0.1) is 0 Å². The van der Waals surface area contributed by atoms with Crippen LogP contribution in [-0.4, -0.2) is 19.5 Å². The van der Waals surface area contributed by atoms with E-state index in [2.05, 4.69) is 0 Å². The first kappa shape index (κ1) is 9.12. The van der Waals surface area contributed by atoms with Crippen molar-refractivity contribution in [1.82, 2.24) is 0 Å². The molecule has 0 bridgehead atoms. The lowest BCUT2D eigenvalue weighted by molar-refractivity contribution is -0.108. The molecule has 0 aliphatic carbocycles. The van der Waals surface area contributed by atoms with Crippen LogP contribution in [0.1, 0.15) is 19.3 Å². The zero-order valence-corrected chi connectivity index (χ0v) is 5.88. The van der Waals surface area contributed by atoms with Gasteiger partial charge in [0.15, 0.2) is 0 Å². The van der Waals surface area contributed by atoms with Gasteiger partial charge in [-0.3, -0.25) is 0 Å². The van der Waals surface area contributed by atoms with E-state index < -0.39 is 0 Å². The number of carbonyl (C=O) groups excluding carboxylic acids is 1. The molecule has 0 spiro atoms. The van der Waals surface area contributed by atoms with Crippen LogP contribution in [0.2, 0.25) is 0 Å². The molecule has 0 aliphatic rings. The van der Waals surface area contributed by atoms with Crippen molar-refractivity contribution in [3.05, 3.63) is 0 Å². The summed E-state index contributed by atoms with van der Waals surface area (Å²) in [5, 5.41) is 8.08. The monoisotopic (exact) mass is 141 g/mol. The van der Waals surface area contributed by atoms with E-state index >= 15 is 0 Å². The molecule has 0 fully saturated rings. The van der Waals surface area contributed by atoms with Gasteiger partial charge in [-0.25, -0.2) is 0 Å². The van der Waals surface area contributed by atoms with Crippen molar-refractivity contribution < 1.29 is 9.53 Å². The number of rotatable bonds is 6. The molecule has 0 rings (SSSR count). The average molecular weight is 141 g/mol. The smallest absolute Gasteiger partial charge is 0.120 e. The normalized spacial score (nSPS) is 8.70. The SMILES string of the molecule is N#CCCOCCCC=O. The Balaban J connectivity index is 2.78. The lowest BCUT2D eigenvalue weighted by Gasteiger charge is -1.96. The van der Waals surface area contributed by atoms with Crippen LogP contribution in [0.3, 0.4) is 0 Å². The lowest BCUT2D eigenvalue weighted by atomic mass is 10.3. The lowest BCUT2D eigenvalue weighted by Crippen LogP contribution is -1.95. The summed E-state index contributed by atoms with van der Waals surface area (Å²) < 4.78 is 4.99. The minimum atomic E-state index is 0.432. The van der Waals surface area contributed by atoms with Gasteiger partial charge >= 0.3 is 0 Å².